The lowest BCUT2D eigenvalue weighted by molar-refractivity contribution is -0.140. The minimum Gasteiger partial charge on any atom is -0.481 e. The number of carboxylic acids is 1. The second-order valence-corrected chi connectivity index (χ2v) is 5.70. The van der Waals surface area contributed by atoms with Gasteiger partial charge >= 0.3 is 5.97 Å². The zero-order valence-electron chi connectivity index (χ0n) is 12.8. The number of carboxylic acid groups (broad SMARTS) is 1. The maximum Gasteiger partial charge on any atom is 0.303 e. The van der Waals surface area contributed by atoms with Crippen molar-refractivity contribution in [2.75, 3.05) is 13.1 Å². The summed E-state index contributed by atoms with van der Waals surface area (Å²) in [5.74, 6) is -2.91. The van der Waals surface area contributed by atoms with Crippen LogP contribution in [0.3, 0.4) is 0 Å². The zero-order chi connectivity index (χ0) is 17.0. The molecular formula is C16H19F2NO4. The molecule has 1 amide bonds. The number of carbonyl (C=O) groups excluding carboxylic acids is 1. The Hall–Kier alpha value is -2.18. The molecule has 1 aliphatic rings. The number of rotatable bonds is 5. The highest BCUT2D eigenvalue weighted by molar-refractivity contribution is 5.81. The number of likely N-dealkylation sites (tertiary alicyclic amines) is 1. The molecule has 1 aromatic rings. The van der Waals surface area contributed by atoms with Gasteiger partial charge in [-0.1, -0.05) is 0 Å². The molecule has 0 spiro atoms. The molecule has 0 radical (unpaired) electrons. The number of benzene rings is 1. The van der Waals surface area contributed by atoms with Crippen molar-refractivity contribution in [3.63, 3.8) is 0 Å². The first-order valence-corrected chi connectivity index (χ1v) is 7.49. The van der Waals surface area contributed by atoms with Crippen molar-refractivity contribution in [1.82, 2.24) is 4.90 Å². The number of piperidine rings is 1. The minimum absolute atomic E-state index is 0.0824. The molecule has 2 rings (SSSR count). The van der Waals surface area contributed by atoms with Crippen LogP contribution in [0.4, 0.5) is 8.78 Å². The van der Waals surface area contributed by atoms with Crippen LogP contribution in [-0.2, 0) is 9.59 Å². The monoisotopic (exact) mass is 327 g/mol. The van der Waals surface area contributed by atoms with Crippen LogP contribution in [0.2, 0.25) is 0 Å². The molecule has 1 unspecified atom stereocenters. The predicted molar refractivity (Wildman–Crippen MR) is 78.0 cm³/mol. The van der Waals surface area contributed by atoms with Crippen molar-refractivity contribution in [3.8, 4) is 5.75 Å². The third-order valence-electron chi connectivity index (χ3n) is 3.94. The van der Waals surface area contributed by atoms with Crippen LogP contribution in [-0.4, -0.2) is 41.1 Å². The highest BCUT2D eigenvalue weighted by Crippen LogP contribution is 2.22. The molecule has 126 valence electrons. The lowest BCUT2D eigenvalue weighted by Gasteiger charge is -2.33. The first-order chi connectivity index (χ1) is 10.9. The summed E-state index contributed by atoms with van der Waals surface area (Å²) in [5.41, 5.74) is 0. The Bertz CT molecular complexity index is 585. The Balaban J connectivity index is 1.88. The van der Waals surface area contributed by atoms with E-state index in [1.54, 1.807) is 11.8 Å². The summed E-state index contributed by atoms with van der Waals surface area (Å²) in [5, 5.41) is 8.78. The van der Waals surface area contributed by atoms with Crippen molar-refractivity contribution >= 4 is 11.9 Å². The fourth-order valence-corrected chi connectivity index (χ4v) is 2.67. The van der Waals surface area contributed by atoms with Gasteiger partial charge in [0, 0.05) is 25.6 Å². The van der Waals surface area contributed by atoms with Gasteiger partial charge in [-0.25, -0.2) is 8.78 Å². The van der Waals surface area contributed by atoms with Gasteiger partial charge in [-0.15, -0.1) is 0 Å². The van der Waals surface area contributed by atoms with Crippen LogP contribution in [0, 0.1) is 17.6 Å². The van der Waals surface area contributed by atoms with Crippen molar-refractivity contribution in [1.29, 1.82) is 0 Å². The first-order valence-electron chi connectivity index (χ1n) is 7.49. The second-order valence-electron chi connectivity index (χ2n) is 5.70. The van der Waals surface area contributed by atoms with Crippen molar-refractivity contribution < 1.29 is 28.2 Å². The van der Waals surface area contributed by atoms with Gasteiger partial charge in [-0.3, -0.25) is 9.59 Å². The smallest absolute Gasteiger partial charge is 0.303 e. The van der Waals surface area contributed by atoms with Gasteiger partial charge < -0.3 is 14.7 Å². The number of carbonyl (C=O) groups is 2. The summed E-state index contributed by atoms with van der Waals surface area (Å²) in [7, 11) is 0. The number of hydrogen-bond donors (Lipinski definition) is 1. The number of halogens is 2. The maximum absolute atomic E-state index is 13.1. The summed E-state index contributed by atoms with van der Waals surface area (Å²) in [6.45, 7) is 2.50. The van der Waals surface area contributed by atoms with Gasteiger partial charge in [0.05, 0.1) is 0 Å². The number of aliphatic carboxylic acids is 1. The maximum atomic E-state index is 13.1. The fraction of sp³-hybridized carbons (Fsp3) is 0.500. The van der Waals surface area contributed by atoms with Gasteiger partial charge in [0.1, 0.15) is 5.75 Å². The van der Waals surface area contributed by atoms with Crippen LogP contribution in [0.1, 0.15) is 26.2 Å². The van der Waals surface area contributed by atoms with Crippen LogP contribution in [0.25, 0.3) is 0 Å². The van der Waals surface area contributed by atoms with Crippen molar-refractivity contribution in [3.05, 3.63) is 29.8 Å². The van der Waals surface area contributed by atoms with Crippen LogP contribution in [0.5, 0.6) is 5.75 Å². The van der Waals surface area contributed by atoms with Crippen LogP contribution < -0.4 is 4.74 Å². The highest BCUT2D eigenvalue weighted by atomic mass is 19.2. The molecule has 0 aromatic heterocycles. The van der Waals surface area contributed by atoms with E-state index in [9.17, 15) is 18.4 Å². The van der Waals surface area contributed by atoms with Crippen molar-refractivity contribution in [2.45, 2.75) is 32.3 Å². The lowest BCUT2D eigenvalue weighted by Crippen LogP contribution is -2.45. The Morgan fingerprint density at radius 3 is 2.52 bits per heavy atom. The van der Waals surface area contributed by atoms with E-state index in [1.165, 1.54) is 6.07 Å². The molecule has 1 fully saturated rings. The van der Waals surface area contributed by atoms with Gasteiger partial charge in [0.15, 0.2) is 17.7 Å². The standard InChI is InChI=1S/C16H19F2NO4/c1-10(23-12-2-3-13(17)14(18)9-12)16(22)19-6-4-11(5-7-19)8-15(20)21/h2-3,9-11H,4-8H2,1H3,(H,20,21). The van der Waals surface area contributed by atoms with Gasteiger partial charge in [-0.2, -0.15) is 0 Å². The zero-order valence-corrected chi connectivity index (χ0v) is 12.8. The molecule has 0 saturated carbocycles. The summed E-state index contributed by atoms with van der Waals surface area (Å²) < 4.78 is 31.4. The summed E-state index contributed by atoms with van der Waals surface area (Å²) >= 11 is 0. The summed E-state index contributed by atoms with van der Waals surface area (Å²) in [6.07, 6.45) is 0.560. The van der Waals surface area contributed by atoms with E-state index in [-0.39, 0.29) is 24.0 Å². The normalized spacial score (nSPS) is 16.9. The predicted octanol–water partition coefficient (Wildman–Crippen LogP) is 2.45. The van der Waals surface area contributed by atoms with E-state index in [1.807, 2.05) is 0 Å². The average molecular weight is 327 g/mol. The molecule has 0 aliphatic carbocycles. The molecule has 23 heavy (non-hydrogen) atoms. The molecule has 7 heteroatoms. The molecular weight excluding hydrogens is 308 g/mol. The SMILES string of the molecule is CC(Oc1ccc(F)c(F)c1)C(=O)N1CCC(CC(=O)O)CC1. The summed E-state index contributed by atoms with van der Waals surface area (Å²) in [6, 6.07) is 3.11. The molecule has 1 N–H and O–H groups in total. The van der Waals surface area contributed by atoms with Gasteiger partial charge in [0.25, 0.3) is 5.91 Å². The number of amides is 1. The van der Waals surface area contributed by atoms with Crippen molar-refractivity contribution in [2.24, 2.45) is 5.92 Å². The molecule has 1 saturated heterocycles. The van der Waals surface area contributed by atoms with E-state index >= 15 is 0 Å². The molecule has 1 heterocycles. The van der Waals surface area contributed by atoms with E-state index < -0.39 is 23.7 Å². The minimum atomic E-state index is -1.03. The second kappa shape index (κ2) is 7.39. The third-order valence-corrected chi connectivity index (χ3v) is 3.94. The summed E-state index contributed by atoms with van der Waals surface area (Å²) in [4.78, 5) is 24.6. The number of nitrogens with zero attached hydrogens (tertiary/aromatic N) is 1. The molecule has 5 nitrogen and oxygen atoms in total. The van der Waals surface area contributed by atoms with Crippen LogP contribution >= 0.6 is 0 Å². The van der Waals surface area contributed by atoms with Crippen LogP contribution in [0.15, 0.2) is 18.2 Å². The Morgan fingerprint density at radius 1 is 1.30 bits per heavy atom. The Morgan fingerprint density at radius 2 is 1.96 bits per heavy atom. The van der Waals surface area contributed by atoms with Gasteiger partial charge in [-0.05, 0) is 37.8 Å². The van der Waals surface area contributed by atoms with E-state index in [4.69, 9.17) is 9.84 Å². The quantitative estimate of drug-likeness (QED) is 0.902. The Kier molecular flexibility index (Phi) is 5.52. The molecule has 1 aliphatic heterocycles. The van der Waals surface area contributed by atoms with E-state index in [2.05, 4.69) is 0 Å². The lowest BCUT2D eigenvalue weighted by atomic mass is 9.93. The van der Waals surface area contributed by atoms with E-state index in [0.29, 0.717) is 25.9 Å². The Labute approximate surface area is 132 Å². The van der Waals surface area contributed by atoms with E-state index in [0.717, 1.165) is 12.1 Å². The third kappa shape index (κ3) is 4.64. The average Bonchev–Trinajstić information content (AvgIpc) is 2.50. The number of hydrogen-bond acceptors (Lipinski definition) is 3. The molecule has 1 atom stereocenters. The molecule has 0 bridgehead atoms. The fourth-order valence-electron chi connectivity index (χ4n) is 2.67. The topological polar surface area (TPSA) is 66.8 Å². The number of ether oxygens (including phenoxy) is 1. The largest absolute Gasteiger partial charge is 0.481 e. The highest BCUT2D eigenvalue weighted by Gasteiger charge is 2.28. The molecule has 1 aromatic carbocycles. The van der Waals surface area contributed by atoms with Gasteiger partial charge in [0.2, 0.25) is 0 Å². The first kappa shape index (κ1) is 17.2.